The molecular weight excluding hydrogens is 785 g/mol. The first-order chi connectivity index (χ1) is 31.5. The third-order valence-corrected chi connectivity index (χ3v) is 12.3. The SMILES string of the molecule is C=C(C(=O)c1ccc(-c2c3c4ccccc4n(-c4ccccc4)c3c(-c3ccc(C(=O)C(=O)c4ccccc4)cc3)c3c4ccccc4n(-c4ccccc4)c23)cc1)c1ccccc1. The third kappa shape index (κ3) is 6.21. The molecule has 2 aromatic heterocycles. The van der Waals surface area contributed by atoms with Crippen LogP contribution in [0.5, 0.6) is 0 Å². The lowest BCUT2D eigenvalue weighted by Crippen LogP contribution is -2.14. The van der Waals surface area contributed by atoms with Crippen LogP contribution in [0.4, 0.5) is 0 Å². The number of nitrogens with zero attached hydrogens (tertiary/aromatic N) is 2. The van der Waals surface area contributed by atoms with Crippen molar-refractivity contribution >= 4 is 66.5 Å². The van der Waals surface area contributed by atoms with Crippen LogP contribution < -0.4 is 0 Å². The molecule has 0 saturated heterocycles. The van der Waals surface area contributed by atoms with Crippen molar-refractivity contribution in [3.8, 4) is 33.6 Å². The quantitative estimate of drug-likeness (QED) is 0.0784. The summed E-state index contributed by atoms with van der Waals surface area (Å²) in [6.45, 7) is 4.18. The van der Waals surface area contributed by atoms with Crippen molar-refractivity contribution in [2.45, 2.75) is 0 Å². The Morgan fingerprint density at radius 1 is 0.328 bits per heavy atom. The number of para-hydroxylation sites is 4. The van der Waals surface area contributed by atoms with Crippen LogP contribution in [0.1, 0.15) is 36.6 Å². The van der Waals surface area contributed by atoms with Gasteiger partial charge in [0.25, 0.3) is 0 Å². The van der Waals surface area contributed by atoms with E-state index in [1.165, 1.54) is 0 Å². The van der Waals surface area contributed by atoms with Gasteiger partial charge < -0.3 is 9.13 Å². The highest BCUT2D eigenvalue weighted by Crippen LogP contribution is 2.52. The number of carbonyl (C=O) groups excluding carboxylic acids is 3. The van der Waals surface area contributed by atoms with Crippen LogP contribution in [0.15, 0.2) is 225 Å². The molecule has 0 aliphatic rings. The summed E-state index contributed by atoms with van der Waals surface area (Å²) in [6, 6.07) is 71.5. The third-order valence-electron chi connectivity index (χ3n) is 12.3. The zero-order chi connectivity index (χ0) is 43.3. The van der Waals surface area contributed by atoms with Gasteiger partial charge in [-0.25, -0.2) is 0 Å². The Balaban J connectivity index is 1.26. The average Bonchev–Trinajstić information content (AvgIpc) is 3.89. The zero-order valence-electron chi connectivity index (χ0n) is 34.6. The lowest BCUT2D eigenvalue weighted by Gasteiger charge is -2.19. The molecular formula is C59H38N2O3. The molecule has 0 atom stereocenters. The predicted octanol–water partition coefficient (Wildman–Crippen LogP) is 14.2. The number of fused-ring (bicyclic) bond motifs is 6. The van der Waals surface area contributed by atoms with Gasteiger partial charge >= 0.3 is 0 Å². The number of hydrogen-bond acceptors (Lipinski definition) is 3. The normalized spacial score (nSPS) is 11.4. The fourth-order valence-corrected chi connectivity index (χ4v) is 9.32. The van der Waals surface area contributed by atoms with E-state index in [-0.39, 0.29) is 5.78 Å². The van der Waals surface area contributed by atoms with Crippen LogP contribution in [0, 0.1) is 0 Å². The van der Waals surface area contributed by atoms with Crippen LogP contribution in [-0.4, -0.2) is 26.5 Å². The van der Waals surface area contributed by atoms with Crippen molar-refractivity contribution in [2.75, 3.05) is 0 Å². The molecule has 0 bridgehead atoms. The van der Waals surface area contributed by atoms with E-state index in [1.807, 2.05) is 72.8 Å². The van der Waals surface area contributed by atoms with E-state index in [1.54, 1.807) is 36.4 Å². The molecule has 302 valence electrons. The van der Waals surface area contributed by atoms with Crippen molar-refractivity contribution in [1.29, 1.82) is 0 Å². The number of aromatic nitrogens is 2. The fraction of sp³-hybridized carbons (Fsp3) is 0. The van der Waals surface area contributed by atoms with Crippen molar-refractivity contribution in [3.05, 3.63) is 247 Å². The van der Waals surface area contributed by atoms with Gasteiger partial charge in [0.05, 0.1) is 22.1 Å². The van der Waals surface area contributed by atoms with Gasteiger partial charge in [0.2, 0.25) is 11.6 Å². The first-order valence-electron chi connectivity index (χ1n) is 21.2. The minimum atomic E-state index is -0.559. The maximum Gasteiger partial charge on any atom is 0.233 e. The van der Waals surface area contributed by atoms with Gasteiger partial charge in [-0.2, -0.15) is 0 Å². The van der Waals surface area contributed by atoms with Crippen LogP contribution in [-0.2, 0) is 0 Å². The number of allylic oxidation sites excluding steroid dienone is 1. The summed E-state index contributed by atoms with van der Waals surface area (Å²) in [5.41, 5.74) is 12.3. The molecule has 0 aliphatic heterocycles. The smallest absolute Gasteiger partial charge is 0.233 e. The lowest BCUT2D eigenvalue weighted by atomic mass is 9.88. The highest BCUT2D eigenvalue weighted by Gasteiger charge is 2.29. The maximum absolute atomic E-state index is 13.9. The Hall–Kier alpha value is -8.67. The second-order valence-electron chi connectivity index (χ2n) is 15.9. The Bertz CT molecular complexity index is 3380. The van der Waals surface area contributed by atoms with Gasteiger partial charge in [-0.15, -0.1) is 0 Å². The van der Waals surface area contributed by atoms with Crippen molar-refractivity contribution in [2.24, 2.45) is 0 Å². The van der Waals surface area contributed by atoms with Gasteiger partial charge in [0, 0.05) is 66.3 Å². The Labute approximate surface area is 369 Å². The monoisotopic (exact) mass is 822 g/mol. The molecule has 5 heteroatoms. The first-order valence-corrected chi connectivity index (χ1v) is 21.2. The zero-order valence-corrected chi connectivity index (χ0v) is 34.6. The molecule has 0 unspecified atom stereocenters. The fourth-order valence-electron chi connectivity index (χ4n) is 9.32. The topological polar surface area (TPSA) is 61.1 Å². The van der Waals surface area contributed by atoms with Crippen LogP contribution >= 0.6 is 0 Å². The van der Waals surface area contributed by atoms with E-state index in [0.29, 0.717) is 22.3 Å². The molecule has 64 heavy (non-hydrogen) atoms. The van der Waals surface area contributed by atoms with E-state index in [9.17, 15) is 14.4 Å². The summed E-state index contributed by atoms with van der Waals surface area (Å²) < 4.78 is 4.70. The second kappa shape index (κ2) is 15.7. The number of hydrogen-bond donors (Lipinski definition) is 0. The number of carbonyl (C=O) groups is 3. The highest BCUT2D eigenvalue weighted by molar-refractivity contribution is 6.49. The van der Waals surface area contributed by atoms with Gasteiger partial charge in [-0.3, -0.25) is 14.4 Å². The lowest BCUT2D eigenvalue weighted by molar-refractivity contribution is 0.0817. The molecule has 11 rings (SSSR count). The summed E-state index contributed by atoms with van der Waals surface area (Å²) in [4.78, 5) is 41.0. The predicted molar refractivity (Wildman–Crippen MR) is 261 cm³/mol. The summed E-state index contributed by atoms with van der Waals surface area (Å²) in [5.74, 6) is -1.23. The standard InChI is InChI=1S/C59H38N2O3/c1-38(39-18-6-2-7-19-39)57(62)43-34-30-40(31-35-43)51-53-47-26-14-16-28-49(47)61(46-24-12-5-13-25-46)56(53)52(41-32-36-44(37-33-41)59(64)58(63)42-20-8-3-9-21-42)54-48-27-15-17-29-50(48)60(55(51)54)45-22-10-4-11-23-45/h2-37H,1H2. The largest absolute Gasteiger partial charge is 0.309 e. The minimum Gasteiger partial charge on any atom is -0.309 e. The molecule has 2 heterocycles. The van der Waals surface area contributed by atoms with Gasteiger partial charge in [0.1, 0.15) is 0 Å². The van der Waals surface area contributed by atoms with Gasteiger partial charge in [0.15, 0.2) is 5.78 Å². The van der Waals surface area contributed by atoms with E-state index >= 15 is 0 Å². The highest BCUT2D eigenvalue weighted by atomic mass is 16.2. The van der Waals surface area contributed by atoms with Crippen LogP contribution in [0.25, 0.3) is 82.8 Å². The molecule has 11 aromatic rings. The van der Waals surface area contributed by atoms with E-state index in [0.717, 1.165) is 82.8 Å². The summed E-state index contributed by atoms with van der Waals surface area (Å²) >= 11 is 0. The molecule has 0 radical (unpaired) electrons. The summed E-state index contributed by atoms with van der Waals surface area (Å²) in [7, 11) is 0. The molecule has 0 fully saturated rings. The van der Waals surface area contributed by atoms with Gasteiger partial charge in [-0.1, -0.05) is 189 Å². The number of benzene rings is 9. The molecule has 0 N–H and O–H groups in total. The van der Waals surface area contributed by atoms with E-state index in [4.69, 9.17) is 0 Å². The van der Waals surface area contributed by atoms with E-state index < -0.39 is 11.6 Å². The summed E-state index contributed by atoms with van der Waals surface area (Å²) in [6.07, 6.45) is 0. The number of ketones is 3. The Kier molecular flexibility index (Phi) is 9.36. The molecule has 9 aromatic carbocycles. The number of rotatable bonds is 10. The van der Waals surface area contributed by atoms with Gasteiger partial charge in [-0.05, 0) is 53.1 Å². The van der Waals surface area contributed by atoms with Crippen LogP contribution in [0.2, 0.25) is 0 Å². The summed E-state index contributed by atoms with van der Waals surface area (Å²) in [5, 5.41) is 4.17. The molecule has 5 nitrogen and oxygen atoms in total. The molecule has 0 amide bonds. The first kappa shape index (κ1) is 38.3. The average molecular weight is 823 g/mol. The second-order valence-corrected chi connectivity index (χ2v) is 15.9. The minimum absolute atomic E-state index is 0.130. The van der Waals surface area contributed by atoms with Crippen molar-refractivity contribution in [3.63, 3.8) is 0 Å². The van der Waals surface area contributed by atoms with Crippen LogP contribution in [0.3, 0.4) is 0 Å². The van der Waals surface area contributed by atoms with Crippen molar-refractivity contribution in [1.82, 2.24) is 9.13 Å². The Morgan fingerprint density at radius 3 is 1.08 bits per heavy atom. The van der Waals surface area contributed by atoms with Crippen molar-refractivity contribution < 1.29 is 14.4 Å². The maximum atomic E-state index is 13.9. The Morgan fingerprint density at radius 2 is 0.656 bits per heavy atom. The molecule has 0 spiro atoms. The molecule has 0 aliphatic carbocycles. The molecule has 0 saturated carbocycles. The van der Waals surface area contributed by atoms with E-state index in [2.05, 4.69) is 125 Å². The number of Topliss-reactive ketones (excluding diaryl/α,β-unsaturated/α-hetero) is 3.